The number of carbonyl (C=O) groups excluding carboxylic acids is 4. The third kappa shape index (κ3) is 3.01. The zero-order valence-electron chi connectivity index (χ0n) is 18.6. The molecule has 4 atom stereocenters. The first-order valence-electron chi connectivity index (χ1n) is 11.1. The lowest BCUT2D eigenvalue weighted by molar-refractivity contribution is -0.142. The quantitative estimate of drug-likeness (QED) is 0.595. The first kappa shape index (κ1) is 21.3. The number of aryl methyl sites for hydroxylation is 1. The number of nitrogens with one attached hydrogen (secondary N) is 2. The number of carbonyl (C=O) groups is 4. The molecule has 0 unspecified atom stereocenters. The van der Waals surface area contributed by atoms with Gasteiger partial charge in [0.15, 0.2) is 0 Å². The number of hydrogen-bond acceptors (Lipinski definition) is 5. The number of primary amides is 1. The van der Waals surface area contributed by atoms with Crippen molar-refractivity contribution in [2.75, 3.05) is 11.9 Å². The number of fused-ring (bicyclic) bond motifs is 4. The minimum absolute atomic E-state index is 0.137. The summed E-state index contributed by atoms with van der Waals surface area (Å²) in [5, 5.41) is 6.16. The number of hydrogen-bond donors (Lipinski definition) is 3. The van der Waals surface area contributed by atoms with Crippen LogP contribution >= 0.6 is 0 Å². The van der Waals surface area contributed by atoms with Gasteiger partial charge in [-0.05, 0) is 37.0 Å². The van der Waals surface area contributed by atoms with Crippen molar-refractivity contribution in [1.82, 2.24) is 10.2 Å². The second-order valence-corrected chi connectivity index (χ2v) is 9.18. The van der Waals surface area contributed by atoms with Crippen LogP contribution in [0, 0.1) is 25.7 Å². The van der Waals surface area contributed by atoms with Crippen LogP contribution in [0.5, 0.6) is 0 Å². The summed E-state index contributed by atoms with van der Waals surface area (Å²) in [7, 11) is 0. The van der Waals surface area contributed by atoms with Crippen LogP contribution in [0.15, 0.2) is 42.5 Å². The van der Waals surface area contributed by atoms with E-state index in [9.17, 15) is 19.2 Å². The SMILES string of the molecule is Cc1ccc2c(c1C)NC(=O)[C@]21N[C@@H](CC(N)=O)[C@H]2C(=O)N(CCc3ccccc3)C(=O)[C@@H]21. The minimum atomic E-state index is -1.41. The molecule has 2 aromatic rings. The molecule has 3 aliphatic rings. The van der Waals surface area contributed by atoms with Crippen molar-refractivity contribution in [3.8, 4) is 0 Å². The Morgan fingerprint density at radius 3 is 2.48 bits per heavy atom. The maximum atomic E-state index is 13.7. The van der Waals surface area contributed by atoms with Crippen LogP contribution in [0.2, 0.25) is 0 Å². The van der Waals surface area contributed by atoms with Gasteiger partial charge in [-0.1, -0.05) is 42.5 Å². The Balaban J connectivity index is 1.56. The van der Waals surface area contributed by atoms with Gasteiger partial charge in [0.25, 0.3) is 0 Å². The smallest absolute Gasteiger partial charge is 0.250 e. The number of benzene rings is 2. The minimum Gasteiger partial charge on any atom is -0.370 e. The van der Waals surface area contributed by atoms with E-state index in [2.05, 4.69) is 10.6 Å². The number of nitrogens with zero attached hydrogens (tertiary/aromatic N) is 1. The van der Waals surface area contributed by atoms with Crippen molar-refractivity contribution >= 4 is 29.3 Å². The van der Waals surface area contributed by atoms with Gasteiger partial charge < -0.3 is 11.1 Å². The standard InChI is InChI=1S/C25H26N4O4/c1-13-8-9-16-21(14(13)2)27-24(33)25(16)20-19(17(28-25)12-18(26)30)22(31)29(23(20)32)11-10-15-6-4-3-5-7-15/h3-9,17,19-20,28H,10-12H2,1-2H3,(H2,26,30)(H,27,33)/t17-,19+,20+,25-/m0/s1. The van der Waals surface area contributed by atoms with E-state index in [-0.39, 0.29) is 30.7 Å². The topological polar surface area (TPSA) is 122 Å². The van der Waals surface area contributed by atoms with E-state index in [0.29, 0.717) is 17.7 Å². The highest BCUT2D eigenvalue weighted by molar-refractivity contribution is 6.15. The third-order valence-corrected chi connectivity index (χ3v) is 7.40. The number of likely N-dealkylation sites (tertiary alicyclic amines) is 1. The van der Waals surface area contributed by atoms with Gasteiger partial charge in [0.05, 0.1) is 11.8 Å². The molecular formula is C25H26N4O4. The second kappa shape index (κ2) is 7.52. The molecule has 3 aliphatic heterocycles. The molecule has 2 fully saturated rings. The van der Waals surface area contributed by atoms with Gasteiger partial charge in [0.1, 0.15) is 5.54 Å². The number of rotatable bonds is 5. The molecule has 33 heavy (non-hydrogen) atoms. The van der Waals surface area contributed by atoms with Crippen molar-refractivity contribution in [1.29, 1.82) is 0 Å². The van der Waals surface area contributed by atoms with Crippen LogP contribution in [-0.4, -0.2) is 41.1 Å². The third-order valence-electron chi connectivity index (χ3n) is 7.40. The molecule has 8 heteroatoms. The first-order valence-corrected chi connectivity index (χ1v) is 11.1. The van der Waals surface area contributed by atoms with E-state index in [1.54, 1.807) is 0 Å². The zero-order chi connectivity index (χ0) is 23.5. The molecule has 2 aromatic carbocycles. The highest BCUT2D eigenvalue weighted by Crippen LogP contribution is 2.54. The summed E-state index contributed by atoms with van der Waals surface area (Å²) in [6.45, 7) is 4.08. The average molecular weight is 447 g/mol. The van der Waals surface area contributed by atoms with Crippen LogP contribution in [0.3, 0.4) is 0 Å². The Morgan fingerprint density at radius 2 is 1.79 bits per heavy atom. The summed E-state index contributed by atoms with van der Waals surface area (Å²) in [4.78, 5) is 53.7. The van der Waals surface area contributed by atoms with Gasteiger partial charge in [-0.3, -0.25) is 29.4 Å². The molecular weight excluding hydrogens is 420 g/mol. The van der Waals surface area contributed by atoms with Crippen molar-refractivity contribution in [3.05, 3.63) is 64.7 Å². The number of amides is 4. The van der Waals surface area contributed by atoms with Gasteiger partial charge in [0, 0.05) is 30.3 Å². The van der Waals surface area contributed by atoms with Gasteiger partial charge in [-0.15, -0.1) is 0 Å². The average Bonchev–Trinajstić information content (AvgIpc) is 3.35. The normalized spacial score (nSPS) is 27.8. The van der Waals surface area contributed by atoms with E-state index in [1.807, 2.05) is 56.3 Å². The predicted molar refractivity (Wildman–Crippen MR) is 121 cm³/mol. The Kier molecular flexibility index (Phi) is 4.86. The van der Waals surface area contributed by atoms with Crippen molar-refractivity contribution < 1.29 is 19.2 Å². The predicted octanol–water partition coefficient (Wildman–Crippen LogP) is 1.14. The number of anilines is 1. The monoisotopic (exact) mass is 446 g/mol. The van der Waals surface area contributed by atoms with Crippen molar-refractivity contribution in [2.24, 2.45) is 17.6 Å². The molecule has 0 radical (unpaired) electrons. The molecule has 5 rings (SSSR count). The molecule has 0 aromatic heterocycles. The largest absolute Gasteiger partial charge is 0.370 e. The number of imide groups is 1. The fourth-order valence-corrected chi connectivity index (χ4v) is 5.68. The lowest BCUT2D eigenvalue weighted by Gasteiger charge is -2.29. The Morgan fingerprint density at radius 1 is 1.06 bits per heavy atom. The highest BCUT2D eigenvalue weighted by atomic mass is 16.2. The summed E-state index contributed by atoms with van der Waals surface area (Å²) in [6.07, 6.45) is 0.377. The Hall–Kier alpha value is -3.52. The van der Waals surface area contributed by atoms with E-state index < -0.39 is 29.3 Å². The maximum absolute atomic E-state index is 13.7. The lowest BCUT2D eigenvalue weighted by Crippen LogP contribution is -2.53. The van der Waals surface area contributed by atoms with Crippen LogP contribution < -0.4 is 16.4 Å². The first-order chi connectivity index (χ1) is 15.8. The van der Waals surface area contributed by atoms with Crippen molar-refractivity contribution in [2.45, 2.75) is 38.3 Å². The number of nitrogens with two attached hydrogens (primary N) is 1. The van der Waals surface area contributed by atoms with E-state index in [4.69, 9.17) is 5.73 Å². The van der Waals surface area contributed by atoms with Crippen molar-refractivity contribution in [3.63, 3.8) is 0 Å². The van der Waals surface area contributed by atoms with E-state index in [0.717, 1.165) is 16.7 Å². The fraction of sp³-hybridized carbons (Fsp3) is 0.360. The lowest BCUT2D eigenvalue weighted by atomic mass is 9.76. The zero-order valence-corrected chi connectivity index (χ0v) is 18.6. The van der Waals surface area contributed by atoms with Crippen LogP contribution in [-0.2, 0) is 31.1 Å². The van der Waals surface area contributed by atoms with Gasteiger partial charge in [-0.2, -0.15) is 0 Å². The molecule has 8 nitrogen and oxygen atoms in total. The van der Waals surface area contributed by atoms with Gasteiger partial charge >= 0.3 is 0 Å². The summed E-state index contributed by atoms with van der Waals surface area (Å²) >= 11 is 0. The van der Waals surface area contributed by atoms with Crippen LogP contribution in [0.4, 0.5) is 5.69 Å². The summed E-state index contributed by atoms with van der Waals surface area (Å²) in [6, 6.07) is 12.6. The molecule has 3 heterocycles. The van der Waals surface area contributed by atoms with E-state index >= 15 is 0 Å². The van der Waals surface area contributed by atoms with Gasteiger partial charge in [0.2, 0.25) is 23.6 Å². The van der Waals surface area contributed by atoms with Crippen LogP contribution in [0.25, 0.3) is 0 Å². The summed E-state index contributed by atoms with van der Waals surface area (Å²) in [5.74, 6) is -3.49. The van der Waals surface area contributed by atoms with Crippen LogP contribution in [0.1, 0.15) is 28.7 Å². The van der Waals surface area contributed by atoms with Gasteiger partial charge in [-0.25, -0.2) is 0 Å². The molecule has 4 N–H and O–H groups in total. The fourth-order valence-electron chi connectivity index (χ4n) is 5.68. The highest BCUT2D eigenvalue weighted by Gasteiger charge is 2.70. The molecule has 2 saturated heterocycles. The Labute approximate surface area is 191 Å². The Bertz CT molecular complexity index is 1190. The molecule has 4 amide bonds. The molecule has 0 bridgehead atoms. The molecule has 1 spiro atoms. The van der Waals surface area contributed by atoms with E-state index in [1.165, 1.54) is 4.90 Å². The molecule has 0 aliphatic carbocycles. The summed E-state index contributed by atoms with van der Waals surface area (Å²) in [5.41, 5.74) is 8.29. The molecule has 170 valence electrons. The molecule has 0 saturated carbocycles. The maximum Gasteiger partial charge on any atom is 0.250 e. The summed E-state index contributed by atoms with van der Waals surface area (Å²) < 4.78 is 0. The second-order valence-electron chi connectivity index (χ2n) is 9.18.